The van der Waals surface area contributed by atoms with Crippen LogP contribution in [0.5, 0.6) is 5.75 Å². The smallest absolute Gasteiger partial charge is 0.208 e. The minimum atomic E-state index is 0.00168. The minimum absolute atomic E-state index is 0.00168. The predicted octanol–water partition coefficient (Wildman–Crippen LogP) is 3.69. The summed E-state index contributed by atoms with van der Waals surface area (Å²) in [7, 11) is 0. The summed E-state index contributed by atoms with van der Waals surface area (Å²) >= 11 is 0. The van der Waals surface area contributed by atoms with E-state index < -0.39 is 0 Å². The second kappa shape index (κ2) is 5.58. The van der Waals surface area contributed by atoms with Crippen LogP contribution >= 0.6 is 0 Å². The highest BCUT2D eigenvalue weighted by molar-refractivity contribution is 5.89. The van der Waals surface area contributed by atoms with Gasteiger partial charge in [0.25, 0.3) is 0 Å². The van der Waals surface area contributed by atoms with E-state index in [-0.39, 0.29) is 6.04 Å². The Morgan fingerprint density at radius 3 is 2.81 bits per heavy atom. The van der Waals surface area contributed by atoms with Gasteiger partial charge in [0.05, 0.1) is 12.7 Å². The van der Waals surface area contributed by atoms with Crippen LogP contribution in [0.15, 0.2) is 47.0 Å². The molecule has 108 valence electrons. The maximum Gasteiger partial charge on any atom is 0.208 e. The van der Waals surface area contributed by atoms with E-state index in [9.17, 15) is 5.11 Å². The van der Waals surface area contributed by atoms with Crippen molar-refractivity contribution in [2.45, 2.75) is 26.4 Å². The molecule has 1 aromatic heterocycles. The molecule has 0 spiro atoms. The minimum Gasteiger partial charge on any atom is -0.507 e. The molecule has 0 aliphatic rings. The molecule has 3 aromatic rings. The van der Waals surface area contributed by atoms with Crippen LogP contribution in [-0.4, -0.2) is 10.1 Å². The van der Waals surface area contributed by atoms with Crippen LogP contribution in [0.25, 0.3) is 10.8 Å². The number of hydrogen-bond acceptors (Lipinski definition) is 4. The molecular formula is C17H18N2O2. The highest BCUT2D eigenvalue weighted by atomic mass is 16.4. The number of phenols is 1. The van der Waals surface area contributed by atoms with Crippen LogP contribution in [0, 0.1) is 6.92 Å². The zero-order valence-corrected chi connectivity index (χ0v) is 12.1. The first-order valence-corrected chi connectivity index (χ1v) is 7.00. The quantitative estimate of drug-likeness (QED) is 0.766. The van der Waals surface area contributed by atoms with Gasteiger partial charge in [-0.15, -0.1) is 0 Å². The third-order valence-corrected chi connectivity index (χ3v) is 3.63. The molecule has 2 aromatic carbocycles. The first kappa shape index (κ1) is 13.6. The van der Waals surface area contributed by atoms with Gasteiger partial charge in [-0.3, -0.25) is 0 Å². The Morgan fingerprint density at radius 2 is 2.05 bits per heavy atom. The standard InChI is InChI=1S/C17H18N2O2/c1-11-9-19-16(21-11)10-18-12(2)14-8-7-13-5-3-4-6-15(13)17(14)20/h3-9,12,18,20H,10H2,1-2H3. The Kier molecular flexibility index (Phi) is 3.62. The molecule has 0 aliphatic heterocycles. The predicted molar refractivity (Wildman–Crippen MR) is 82.1 cm³/mol. The average molecular weight is 282 g/mol. The van der Waals surface area contributed by atoms with Gasteiger partial charge in [-0.2, -0.15) is 0 Å². The number of nitrogens with zero attached hydrogens (tertiary/aromatic N) is 1. The molecule has 1 unspecified atom stereocenters. The van der Waals surface area contributed by atoms with Gasteiger partial charge in [0.15, 0.2) is 0 Å². The normalized spacial score (nSPS) is 12.7. The van der Waals surface area contributed by atoms with Gasteiger partial charge in [-0.05, 0) is 19.2 Å². The number of nitrogens with one attached hydrogen (secondary N) is 1. The summed E-state index contributed by atoms with van der Waals surface area (Å²) in [6.07, 6.45) is 1.70. The molecule has 1 heterocycles. The summed E-state index contributed by atoms with van der Waals surface area (Å²) in [5.74, 6) is 1.78. The van der Waals surface area contributed by atoms with Crippen molar-refractivity contribution in [2.24, 2.45) is 0 Å². The van der Waals surface area contributed by atoms with Crippen LogP contribution in [0.2, 0.25) is 0 Å². The van der Waals surface area contributed by atoms with Crippen molar-refractivity contribution >= 4 is 10.8 Å². The Bertz CT molecular complexity index is 764. The van der Waals surface area contributed by atoms with Crippen molar-refractivity contribution < 1.29 is 9.52 Å². The molecule has 0 fully saturated rings. The molecule has 3 rings (SSSR count). The molecule has 0 saturated heterocycles. The maximum absolute atomic E-state index is 10.4. The van der Waals surface area contributed by atoms with Gasteiger partial charge in [-0.25, -0.2) is 4.98 Å². The summed E-state index contributed by atoms with van der Waals surface area (Å²) in [5.41, 5.74) is 0.872. The number of rotatable bonds is 4. The molecule has 21 heavy (non-hydrogen) atoms. The summed E-state index contributed by atoms with van der Waals surface area (Å²) in [5, 5.41) is 15.7. The largest absolute Gasteiger partial charge is 0.507 e. The van der Waals surface area contributed by atoms with E-state index in [1.165, 1.54) is 0 Å². The average Bonchev–Trinajstić information content (AvgIpc) is 2.91. The molecule has 2 N–H and O–H groups in total. The van der Waals surface area contributed by atoms with Crippen molar-refractivity contribution in [1.82, 2.24) is 10.3 Å². The highest BCUT2D eigenvalue weighted by Crippen LogP contribution is 2.32. The number of fused-ring (bicyclic) bond motifs is 1. The van der Waals surface area contributed by atoms with E-state index in [0.717, 1.165) is 22.1 Å². The Balaban J connectivity index is 1.81. The lowest BCUT2D eigenvalue weighted by Crippen LogP contribution is -2.18. The van der Waals surface area contributed by atoms with E-state index in [2.05, 4.69) is 10.3 Å². The molecule has 0 bridgehead atoms. The molecule has 4 heteroatoms. The fraction of sp³-hybridized carbons (Fsp3) is 0.235. The summed E-state index contributed by atoms with van der Waals surface area (Å²) in [6.45, 7) is 4.41. The second-order valence-corrected chi connectivity index (χ2v) is 5.19. The highest BCUT2D eigenvalue weighted by Gasteiger charge is 2.13. The SMILES string of the molecule is Cc1cnc(CNC(C)c2ccc3ccccc3c2O)o1. The van der Waals surface area contributed by atoms with E-state index in [1.54, 1.807) is 6.20 Å². The summed E-state index contributed by atoms with van der Waals surface area (Å²) in [6, 6.07) is 11.8. The zero-order chi connectivity index (χ0) is 14.8. The Morgan fingerprint density at radius 1 is 1.24 bits per heavy atom. The van der Waals surface area contributed by atoms with Crippen LogP contribution in [0.1, 0.15) is 30.2 Å². The van der Waals surface area contributed by atoms with Gasteiger partial charge < -0.3 is 14.8 Å². The second-order valence-electron chi connectivity index (χ2n) is 5.19. The van der Waals surface area contributed by atoms with E-state index >= 15 is 0 Å². The van der Waals surface area contributed by atoms with Crippen molar-refractivity contribution in [3.8, 4) is 5.75 Å². The van der Waals surface area contributed by atoms with Crippen molar-refractivity contribution in [3.63, 3.8) is 0 Å². The third kappa shape index (κ3) is 2.76. The van der Waals surface area contributed by atoms with Crippen LogP contribution < -0.4 is 5.32 Å². The van der Waals surface area contributed by atoms with E-state index in [1.807, 2.05) is 50.2 Å². The topological polar surface area (TPSA) is 58.3 Å². The number of phenolic OH excluding ortho intramolecular Hbond substituents is 1. The lowest BCUT2D eigenvalue weighted by atomic mass is 10.0. The van der Waals surface area contributed by atoms with Gasteiger partial charge in [0.2, 0.25) is 5.89 Å². The third-order valence-electron chi connectivity index (χ3n) is 3.63. The first-order chi connectivity index (χ1) is 10.1. The van der Waals surface area contributed by atoms with Crippen molar-refractivity contribution in [2.75, 3.05) is 0 Å². The summed E-state index contributed by atoms with van der Waals surface area (Å²) in [4.78, 5) is 4.16. The molecule has 1 atom stereocenters. The molecule has 4 nitrogen and oxygen atoms in total. The van der Waals surface area contributed by atoms with Gasteiger partial charge >= 0.3 is 0 Å². The number of aromatic nitrogens is 1. The monoisotopic (exact) mass is 282 g/mol. The number of oxazole rings is 1. The lowest BCUT2D eigenvalue weighted by Gasteiger charge is -2.16. The van der Waals surface area contributed by atoms with E-state index in [0.29, 0.717) is 18.2 Å². The lowest BCUT2D eigenvalue weighted by molar-refractivity contribution is 0.421. The molecule has 0 saturated carbocycles. The van der Waals surface area contributed by atoms with Crippen LogP contribution in [0.4, 0.5) is 0 Å². The first-order valence-electron chi connectivity index (χ1n) is 7.00. The number of hydrogen-bond donors (Lipinski definition) is 2. The van der Waals surface area contributed by atoms with Gasteiger partial charge in [0, 0.05) is 17.0 Å². The molecule has 0 radical (unpaired) electrons. The molecule has 0 amide bonds. The van der Waals surface area contributed by atoms with Gasteiger partial charge in [0.1, 0.15) is 11.5 Å². The van der Waals surface area contributed by atoms with Crippen molar-refractivity contribution in [1.29, 1.82) is 0 Å². The Hall–Kier alpha value is -2.33. The summed E-state index contributed by atoms with van der Waals surface area (Å²) < 4.78 is 5.43. The fourth-order valence-electron chi connectivity index (χ4n) is 2.45. The van der Waals surface area contributed by atoms with Crippen LogP contribution in [0.3, 0.4) is 0 Å². The molecule has 0 aliphatic carbocycles. The van der Waals surface area contributed by atoms with Gasteiger partial charge in [-0.1, -0.05) is 36.4 Å². The zero-order valence-electron chi connectivity index (χ0n) is 12.1. The van der Waals surface area contributed by atoms with Crippen LogP contribution in [-0.2, 0) is 6.54 Å². The maximum atomic E-state index is 10.4. The fourth-order valence-corrected chi connectivity index (χ4v) is 2.45. The number of aryl methyl sites for hydroxylation is 1. The number of aromatic hydroxyl groups is 1. The Labute approximate surface area is 123 Å². The number of benzene rings is 2. The van der Waals surface area contributed by atoms with Crippen molar-refractivity contribution in [3.05, 3.63) is 59.8 Å². The van der Waals surface area contributed by atoms with E-state index in [4.69, 9.17) is 4.42 Å². The molecular weight excluding hydrogens is 264 g/mol.